The van der Waals surface area contributed by atoms with Gasteiger partial charge in [-0.25, -0.2) is 4.39 Å². The second-order valence-electron chi connectivity index (χ2n) is 5.64. The summed E-state index contributed by atoms with van der Waals surface area (Å²) in [6, 6.07) is 8.14. The first-order valence-corrected chi connectivity index (χ1v) is 7.28. The highest BCUT2D eigenvalue weighted by atomic mass is 19.1. The molecule has 0 amide bonds. The maximum atomic E-state index is 13.4. The number of halogens is 1. The minimum absolute atomic E-state index is 0.0662. The molecule has 1 aliphatic rings. The molecule has 4 heteroatoms. The summed E-state index contributed by atoms with van der Waals surface area (Å²) in [6.07, 6.45) is 4.39. The number of nitrogens with zero attached hydrogens (tertiary/aromatic N) is 1. The zero-order chi connectivity index (χ0) is 13.9. The van der Waals surface area contributed by atoms with Gasteiger partial charge in [0.25, 0.3) is 0 Å². The Hall–Kier alpha value is -1.39. The fraction of sp³-hybridized carbons (Fsp3) is 0.500. The maximum absolute atomic E-state index is 13.4. The number of benzene rings is 1. The quantitative estimate of drug-likeness (QED) is 0.933. The van der Waals surface area contributed by atoms with Crippen molar-refractivity contribution in [2.45, 2.75) is 31.3 Å². The standard InChI is InChI=1S/C16H21FN2O/c17-10-14(19-7-5-13(18)6-8-19)9-12-11-20-16-4-2-1-3-15(12)16/h1-4,11,13-14H,5-10,18H2. The number of nitrogens with two attached hydrogens (primary N) is 1. The summed E-state index contributed by atoms with van der Waals surface area (Å²) in [5, 5.41) is 1.10. The van der Waals surface area contributed by atoms with Crippen molar-refractivity contribution in [1.82, 2.24) is 4.90 Å². The van der Waals surface area contributed by atoms with E-state index in [4.69, 9.17) is 10.2 Å². The van der Waals surface area contributed by atoms with Gasteiger partial charge in [-0.3, -0.25) is 4.90 Å². The van der Waals surface area contributed by atoms with Gasteiger partial charge in [0.2, 0.25) is 0 Å². The van der Waals surface area contributed by atoms with Crippen molar-refractivity contribution < 1.29 is 8.81 Å². The molecule has 0 radical (unpaired) electrons. The van der Waals surface area contributed by atoms with Gasteiger partial charge in [0.1, 0.15) is 12.3 Å². The van der Waals surface area contributed by atoms with Crippen LogP contribution in [0.2, 0.25) is 0 Å². The normalized spacial score (nSPS) is 19.5. The molecule has 20 heavy (non-hydrogen) atoms. The molecule has 3 rings (SSSR count). The van der Waals surface area contributed by atoms with E-state index >= 15 is 0 Å². The van der Waals surface area contributed by atoms with Crippen LogP contribution in [0.3, 0.4) is 0 Å². The smallest absolute Gasteiger partial charge is 0.134 e. The van der Waals surface area contributed by atoms with E-state index in [1.807, 2.05) is 24.3 Å². The van der Waals surface area contributed by atoms with E-state index in [1.54, 1.807) is 6.26 Å². The number of fused-ring (bicyclic) bond motifs is 1. The fourth-order valence-electron chi connectivity index (χ4n) is 3.01. The molecule has 1 aromatic heterocycles. The Kier molecular flexibility index (Phi) is 4.03. The highest BCUT2D eigenvalue weighted by Crippen LogP contribution is 2.24. The lowest BCUT2D eigenvalue weighted by molar-refractivity contribution is 0.130. The molecule has 0 saturated carbocycles. The van der Waals surface area contributed by atoms with E-state index in [0.29, 0.717) is 6.42 Å². The van der Waals surface area contributed by atoms with Gasteiger partial charge in [-0.2, -0.15) is 0 Å². The van der Waals surface area contributed by atoms with Crippen molar-refractivity contribution in [3.63, 3.8) is 0 Å². The van der Waals surface area contributed by atoms with Crippen molar-refractivity contribution in [2.75, 3.05) is 19.8 Å². The Labute approximate surface area is 118 Å². The first kappa shape index (κ1) is 13.6. The number of hydrogen-bond acceptors (Lipinski definition) is 3. The van der Waals surface area contributed by atoms with Crippen LogP contribution in [0.5, 0.6) is 0 Å². The molecular weight excluding hydrogens is 255 g/mol. The second kappa shape index (κ2) is 5.94. The van der Waals surface area contributed by atoms with Crippen molar-refractivity contribution in [3.05, 3.63) is 36.1 Å². The lowest BCUT2D eigenvalue weighted by atomic mass is 10.00. The van der Waals surface area contributed by atoms with Gasteiger partial charge in [-0.1, -0.05) is 18.2 Å². The molecule has 2 N–H and O–H groups in total. The Bertz CT molecular complexity index is 560. The molecule has 2 aromatic rings. The van der Waals surface area contributed by atoms with Crippen molar-refractivity contribution in [2.24, 2.45) is 5.73 Å². The predicted molar refractivity (Wildman–Crippen MR) is 78.5 cm³/mol. The summed E-state index contributed by atoms with van der Waals surface area (Å²) in [7, 11) is 0. The number of para-hydroxylation sites is 1. The van der Waals surface area contributed by atoms with Gasteiger partial charge in [0.15, 0.2) is 0 Å². The van der Waals surface area contributed by atoms with Gasteiger partial charge in [-0.15, -0.1) is 0 Å². The maximum Gasteiger partial charge on any atom is 0.134 e. The number of piperidine rings is 1. The molecule has 0 spiro atoms. The zero-order valence-corrected chi connectivity index (χ0v) is 11.6. The lowest BCUT2D eigenvalue weighted by Crippen LogP contribution is -2.46. The van der Waals surface area contributed by atoms with Crippen LogP contribution in [-0.4, -0.2) is 36.7 Å². The molecule has 1 unspecified atom stereocenters. The van der Waals surface area contributed by atoms with Crippen LogP contribution in [-0.2, 0) is 6.42 Å². The summed E-state index contributed by atoms with van der Waals surface area (Å²) in [5.41, 5.74) is 7.88. The van der Waals surface area contributed by atoms with Crippen LogP contribution in [0, 0.1) is 0 Å². The highest BCUT2D eigenvalue weighted by Gasteiger charge is 2.24. The molecule has 0 bridgehead atoms. The minimum atomic E-state index is -0.325. The Balaban J connectivity index is 1.74. The van der Waals surface area contributed by atoms with Gasteiger partial charge in [-0.05, 0) is 30.9 Å². The minimum Gasteiger partial charge on any atom is -0.464 e. The molecule has 1 aromatic carbocycles. The average Bonchev–Trinajstić information content (AvgIpc) is 2.89. The Morgan fingerprint density at radius 2 is 2.05 bits per heavy atom. The van der Waals surface area contributed by atoms with Crippen LogP contribution in [0.1, 0.15) is 18.4 Å². The molecule has 2 heterocycles. The van der Waals surface area contributed by atoms with E-state index in [2.05, 4.69) is 4.90 Å². The predicted octanol–water partition coefficient (Wildman–Crippen LogP) is 2.74. The Morgan fingerprint density at radius 1 is 1.30 bits per heavy atom. The second-order valence-corrected chi connectivity index (χ2v) is 5.64. The molecule has 3 nitrogen and oxygen atoms in total. The number of hydrogen-bond donors (Lipinski definition) is 1. The van der Waals surface area contributed by atoms with Gasteiger partial charge < -0.3 is 10.2 Å². The number of alkyl halides is 1. The SMILES string of the molecule is NC1CCN(C(CF)Cc2coc3ccccc23)CC1. The number of rotatable bonds is 4. The lowest BCUT2D eigenvalue weighted by Gasteiger charge is -2.35. The van der Waals surface area contributed by atoms with E-state index < -0.39 is 0 Å². The Morgan fingerprint density at radius 3 is 2.80 bits per heavy atom. The molecule has 108 valence electrons. The van der Waals surface area contributed by atoms with Crippen molar-refractivity contribution in [1.29, 1.82) is 0 Å². The van der Waals surface area contributed by atoms with Crippen molar-refractivity contribution in [3.8, 4) is 0 Å². The van der Waals surface area contributed by atoms with E-state index in [-0.39, 0.29) is 18.8 Å². The van der Waals surface area contributed by atoms with Crippen LogP contribution in [0.4, 0.5) is 4.39 Å². The van der Waals surface area contributed by atoms with Crippen LogP contribution >= 0.6 is 0 Å². The zero-order valence-electron chi connectivity index (χ0n) is 11.6. The van der Waals surface area contributed by atoms with Gasteiger partial charge in [0.05, 0.1) is 6.26 Å². The molecule has 1 atom stereocenters. The first-order valence-electron chi connectivity index (χ1n) is 7.28. The summed E-state index contributed by atoms with van der Waals surface area (Å²) in [6.45, 7) is 1.46. The number of likely N-dealkylation sites (tertiary alicyclic amines) is 1. The van der Waals surface area contributed by atoms with E-state index in [9.17, 15) is 4.39 Å². The molecule has 1 saturated heterocycles. The summed E-state index contributed by atoms with van der Waals surface area (Å²) in [5.74, 6) is 0. The van der Waals surface area contributed by atoms with Crippen molar-refractivity contribution >= 4 is 11.0 Å². The van der Waals surface area contributed by atoms with Crippen LogP contribution < -0.4 is 5.73 Å². The average molecular weight is 276 g/mol. The van der Waals surface area contributed by atoms with Crippen LogP contribution in [0.15, 0.2) is 34.9 Å². The van der Waals surface area contributed by atoms with Crippen LogP contribution in [0.25, 0.3) is 11.0 Å². The fourth-order valence-corrected chi connectivity index (χ4v) is 3.01. The molecule has 1 aliphatic heterocycles. The topological polar surface area (TPSA) is 42.4 Å². The van der Waals surface area contributed by atoms with E-state index in [0.717, 1.165) is 42.5 Å². The highest BCUT2D eigenvalue weighted by molar-refractivity contribution is 5.80. The largest absolute Gasteiger partial charge is 0.464 e. The van der Waals surface area contributed by atoms with Gasteiger partial charge in [0, 0.05) is 30.6 Å². The van der Waals surface area contributed by atoms with E-state index in [1.165, 1.54) is 0 Å². The summed E-state index contributed by atoms with van der Waals surface area (Å²) < 4.78 is 19.0. The first-order chi connectivity index (χ1) is 9.78. The van der Waals surface area contributed by atoms with Gasteiger partial charge >= 0.3 is 0 Å². The summed E-state index contributed by atoms with van der Waals surface area (Å²) >= 11 is 0. The molecule has 0 aliphatic carbocycles. The third kappa shape index (κ3) is 2.72. The monoisotopic (exact) mass is 276 g/mol. The molecule has 1 fully saturated rings. The third-order valence-corrected chi connectivity index (χ3v) is 4.29. The summed E-state index contributed by atoms with van der Waals surface area (Å²) in [4.78, 5) is 2.23. The molecular formula is C16H21FN2O. The number of furan rings is 1. The third-order valence-electron chi connectivity index (χ3n) is 4.29.